The van der Waals surface area contributed by atoms with E-state index in [0.29, 0.717) is 18.2 Å². The van der Waals surface area contributed by atoms with Gasteiger partial charge in [0, 0.05) is 25.3 Å². The predicted molar refractivity (Wildman–Crippen MR) is 109 cm³/mol. The van der Waals surface area contributed by atoms with Gasteiger partial charge in [0.15, 0.2) is 5.65 Å². The Bertz CT molecular complexity index is 1050. The Morgan fingerprint density at radius 3 is 2.97 bits per heavy atom. The van der Waals surface area contributed by atoms with Crippen LogP contribution in [0.2, 0.25) is 0 Å². The first-order valence-corrected chi connectivity index (χ1v) is 9.86. The van der Waals surface area contributed by atoms with Gasteiger partial charge in [0.2, 0.25) is 0 Å². The van der Waals surface area contributed by atoms with Gasteiger partial charge in [-0.3, -0.25) is 4.79 Å². The zero-order valence-electron chi connectivity index (χ0n) is 16.6. The Kier molecular flexibility index (Phi) is 5.19. The van der Waals surface area contributed by atoms with Crippen molar-refractivity contribution < 1.29 is 9.18 Å². The Morgan fingerprint density at radius 2 is 2.21 bits per heavy atom. The first-order chi connectivity index (χ1) is 13.9. The first-order valence-electron chi connectivity index (χ1n) is 9.86. The Morgan fingerprint density at radius 1 is 1.38 bits per heavy atom. The standard InChI is InChI=1S/C21H25FN6O/c1-13(2)24-11-14-8-15(10-16(22)9-14)18-4-3-6-27(18)19-5-7-28-21(26-19)17(12-25-28)20(23)29/h5,7-10,12-13,18,24H,3-4,6,11H2,1-2H3,(H2,23,29). The summed E-state index contributed by atoms with van der Waals surface area (Å²) < 4.78 is 15.9. The quantitative estimate of drug-likeness (QED) is 0.669. The van der Waals surface area contributed by atoms with E-state index in [9.17, 15) is 9.18 Å². The van der Waals surface area contributed by atoms with Gasteiger partial charge in [-0.1, -0.05) is 19.9 Å². The smallest absolute Gasteiger partial charge is 0.254 e. The average Bonchev–Trinajstić information content (AvgIpc) is 3.32. The van der Waals surface area contributed by atoms with Crippen LogP contribution in [0.1, 0.15) is 54.2 Å². The van der Waals surface area contributed by atoms with Crippen LogP contribution in [0.25, 0.3) is 5.65 Å². The number of hydrogen-bond donors (Lipinski definition) is 2. The van der Waals surface area contributed by atoms with Gasteiger partial charge in [0.05, 0.1) is 12.2 Å². The summed E-state index contributed by atoms with van der Waals surface area (Å²) in [7, 11) is 0. The van der Waals surface area contributed by atoms with Crippen LogP contribution in [0, 0.1) is 5.82 Å². The van der Waals surface area contributed by atoms with Crippen molar-refractivity contribution in [2.24, 2.45) is 5.73 Å². The summed E-state index contributed by atoms with van der Waals surface area (Å²) >= 11 is 0. The number of hydrogen-bond acceptors (Lipinski definition) is 5. The lowest BCUT2D eigenvalue weighted by molar-refractivity contribution is 0.100. The molecule has 0 spiro atoms. The number of nitrogens with two attached hydrogens (primary N) is 1. The van der Waals surface area contributed by atoms with Crippen molar-refractivity contribution in [2.75, 3.05) is 11.4 Å². The van der Waals surface area contributed by atoms with Crippen LogP contribution in [-0.4, -0.2) is 33.1 Å². The number of benzene rings is 1. The highest BCUT2D eigenvalue weighted by molar-refractivity contribution is 5.98. The second-order valence-corrected chi connectivity index (χ2v) is 7.76. The monoisotopic (exact) mass is 396 g/mol. The predicted octanol–water partition coefficient (Wildman–Crippen LogP) is 2.81. The lowest BCUT2D eigenvalue weighted by Crippen LogP contribution is -2.25. The molecule has 1 atom stereocenters. The number of amides is 1. The van der Waals surface area contributed by atoms with Crippen molar-refractivity contribution in [3.05, 3.63) is 59.2 Å². The molecule has 1 aliphatic rings. The molecule has 8 heteroatoms. The summed E-state index contributed by atoms with van der Waals surface area (Å²) in [4.78, 5) is 18.4. The van der Waals surface area contributed by atoms with Gasteiger partial charge in [-0.2, -0.15) is 5.10 Å². The van der Waals surface area contributed by atoms with Gasteiger partial charge in [-0.25, -0.2) is 13.9 Å². The maximum Gasteiger partial charge on any atom is 0.254 e. The lowest BCUT2D eigenvalue weighted by Gasteiger charge is -2.26. The molecule has 1 amide bonds. The normalized spacial score (nSPS) is 16.8. The number of nitrogens with zero attached hydrogens (tertiary/aromatic N) is 4. The Balaban J connectivity index is 1.67. The van der Waals surface area contributed by atoms with E-state index >= 15 is 0 Å². The molecule has 0 saturated carbocycles. The fourth-order valence-corrected chi connectivity index (χ4v) is 3.87. The van der Waals surface area contributed by atoms with Crippen molar-refractivity contribution in [3.63, 3.8) is 0 Å². The summed E-state index contributed by atoms with van der Waals surface area (Å²) in [6.07, 6.45) is 5.09. The number of halogens is 1. The fraction of sp³-hybridized carbons (Fsp3) is 0.381. The molecule has 1 fully saturated rings. The SMILES string of the molecule is CC(C)NCc1cc(F)cc(C2CCCN2c2ccn3ncc(C(N)=O)c3n2)c1. The Labute approximate surface area is 168 Å². The molecule has 7 nitrogen and oxygen atoms in total. The molecular weight excluding hydrogens is 371 g/mol. The van der Waals surface area contributed by atoms with E-state index < -0.39 is 5.91 Å². The van der Waals surface area contributed by atoms with Crippen LogP contribution in [0.3, 0.4) is 0 Å². The zero-order valence-corrected chi connectivity index (χ0v) is 16.6. The molecule has 1 saturated heterocycles. The second-order valence-electron chi connectivity index (χ2n) is 7.76. The molecular formula is C21H25FN6O. The van der Waals surface area contributed by atoms with Gasteiger partial charge in [-0.05, 0) is 42.2 Å². The van der Waals surface area contributed by atoms with E-state index in [2.05, 4.69) is 40.2 Å². The lowest BCUT2D eigenvalue weighted by atomic mass is 10.0. The largest absolute Gasteiger partial charge is 0.365 e. The highest BCUT2D eigenvalue weighted by Gasteiger charge is 2.28. The van der Waals surface area contributed by atoms with Crippen LogP contribution < -0.4 is 16.0 Å². The second kappa shape index (κ2) is 7.79. The zero-order chi connectivity index (χ0) is 20.5. The number of anilines is 1. The number of rotatable bonds is 6. The maximum atomic E-state index is 14.3. The third kappa shape index (κ3) is 3.93. The summed E-state index contributed by atoms with van der Waals surface area (Å²) in [6, 6.07) is 7.47. The number of carbonyl (C=O) groups excluding carboxylic acids is 1. The first kappa shape index (κ1) is 19.3. The van der Waals surface area contributed by atoms with Gasteiger partial charge >= 0.3 is 0 Å². The van der Waals surface area contributed by atoms with Crippen molar-refractivity contribution in [1.29, 1.82) is 0 Å². The molecule has 3 N–H and O–H groups in total. The number of carbonyl (C=O) groups is 1. The molecule has 0 aliphatic carbocycles. The molecule has 1 aliphatic heterocycles. The van der Waals surface area contributed by atoms with Crippen LogP contribution in [-0.2, 0) is 6.54 Å². The molecule has 4 rings (SSSR count). The van der Waals surface area contributed by atoms with Crippen LogP contribution in [0.5, 0.6) is 0 Å². The highest BCUT2D eigenvalue weighted by atomic mass is 19.1. The molecule has 0 radical (unpaired) electrons. The molecule has 1 aromatic carbocycles. The third-order valence-corrected chi connectivity index (χ3v) is 5.25. The van der Waals surface area contributed by atoms with Gasteiger partial charge in [0.25, 0.3) is 5.91 Å². The molecule has 152 valence electrons. The maximum absolute atomic E-state index is 14.3. The van der Waals surface area contributed by atoms with Crippen molar-refractivity contribution in [1.82, 2.24) is 19.9 Å². The third-order valence-electron chi connectivity index (χ3n) is 5.25. The van der Waals surface area contributed by atoms with E-state index in [1.165, 1.54) is 10.7 Å². The van der Waals surface area contributed by atoms with E-state index in [4.69, 9.17) is 5.73 Å². The van der Waals surface area contributed by atoms with Crippen LogP contribution in [0.4, 0.5) is 10.2 Å². The number of fused-ring (bicyclic) bond motifs is 1. The summed E-state index contributed by atoms with van der Waals surface area (Å²) in [5.74, 6) is -0.0608. The van der Waals surface area contributed by atoms with Crippen molar-refractivity contribution in [3.8, 4) is 0 Å². The number of aromatic nitrogens is 3. The minimum atomic E-state index is -0.560. The van der Waals surface area contributed by atoms with Crippen molar-refractivity contribution >= 4 is 17.4 Å². The van der Waals surface area contributed by atoms with Gasteiger partial charge in [-0.15, -0.1) is 0 Å². The molecule has 1 unspecified atom stereocenters. The topological polar surface area (TPSA) is 88.5 Å². The summed E-state index contributed by atoms with van der Waals surface area (Å²) in [6.45, 7) is 5.57. The summed E-state index contributed by atoms with van der Waals surface area (Å²) in [5, 5.41) is 7.46. The van der Waals surface area contributed by atoms with E-state index in [1.54, 1.807) is 18.3 Å². The number of primary amides is 1. The van der Waals surface area contributed by atoms with Crippen LogP contribution >= 0.6 is 0 Å². The van der Waals surface area contributed by atoms with Gasteiger partial charge in [0.1, 0.15) is 17.2 Å². The van der Waals surface area contributed by atoms with Gasteiger partial charge < -0.3 is 16.0 Å². The summed E-state index contributed by atoms with van der Waals surface area (Å²) in [5.41, 5.74) is 8.02. The highest BCUT2D eigenvalue weighted by Crippen LogP contribution is 2.36. The Hall–Kier alpha value is -3.00. The van der Waals surface area contributed by atoms with Crippen LogP contribution in [0.15, 0.2) is 36.7 Å². The molecule has 2 aromatic heterocycles. The average molecular weight is 396 g/mol. The molecule has 0 bridgehead atoms. The van der Waals surface area contributed by atoms with Crippen molar-refractivity contribution in [2.45, 2.75) is 45.3 Å². The molecule has 3 aromatic rings. The number of nitrogens with one attached hydrogen (secondary N) is 1. The van der Waals surface area contributed by atoms with E-state index in [1.807, 2.05) is 6.07 Å². The minimum Gasteiger partial charge on any atom is -0.365 e. The molecule has 29 heavy (non-hydrogen) atoms. The minimum absolute atomic E-state index is 0.0263. The molecule has 3 heterocycles. The fourth-order valence-electron chi connectivity index (χ4n) is 3.87. The van der Waals surface area contributed by atoms with E-state index in [0.717, 1.165) is 36.3 Å². The van der Waals surface area contributed by atoms with E-state index in [-0.39, 0.29) is 17.4 Å².